The van der Waals surface area contributed by atoms with Crippen LogP contribution in [0.15, 0.2) is 72.8 Å². The summed E-state index contributed by atoms with van der Waals surface area (Å²) in [6.45, 7) is 4.98. The molecule has 3 aromatic carbocycles. The molecule has 2 N–H and O–H groups in total. The monoisotopic (exact) mass is 439 g/mol. The summed E-state index contributed by atoms with van der Waals surface area (Å²) in [5.74, 6) is 0.686. The zero-order valence-corrected chi connectivity index (χ0v) is 19.4. The lowest BCUT2D eigenvalue weighted by atomic mass is 9.76. The number of carbonyl (C=O) groups is 1. The Bertz CT molecular complexity index is 1020. The minimum absolute atomic E-state index is 0.119. The van der Waals surface area contributed by atoms with E-state index < -0.39 is 0 Å². The van der Waals surface area contributed by atoms with Crippen LogP contribution in [0.2, 0.25) is 0 Å². The van der Waals surface area contributed by atoms with E-state index in [1.807, 2.05) is 0 Å². The molecule has 5 rings (SSSR count). The maximum Gasteiger partial charge on any atom is 0.319 e. The van der Waals surface area contributed by atoms with Gasteiger partial charge in [-0.25, -0.2) is 4.79 Å². The van der Waals surface area contributed by atoms with Crippen molar-refractivity contribution < 1.29 is 4.79 Å². The van der Waals surface area contributed by atoms with Crippen LogP contribution in [0.5, 0.6) is 0 Å². The van der Waals surface area contributed by atoms with Gasteiger partial charge in [0.25, 0.3) is 0 Å². The van der Waals surface area contributed by atoms with E-state index in [0.717, 1.165) is 44.5 Å². The molecular formula is C29H33N3O. The van der Waals surface area contributed by atoms with Crippen LogP contribution in [-0.2, 0) is 0 Å². The lowest BCUT2D eigenvalue weighted by Gasteiger charge is -2.43. The van der Waals surface area contributed by atoms with Crippen LogP contribution >= 0.6 is 0 Å². The van der Waals surface area contributed by atoms with Crippen molar-refractivity contribution >= 4 is 17.4 Å². The molecule has 2 aliphatic rings. The molecular weight excluding hydrogens is 406 g/mol. The lowest BCUT2D eigenvalue weighted by Crippen LogP contribution is -2.38. The number of amides is 2. The summed E-state index contributed by atoms with van der Waals surface area (Å²) in [4.78, 5) is 15.2. The second-order valence-electron chi connectivity index (χ2n) is 9.23. The standard InChI is InChI=1S/C29H33N3O/c1-2-3-16-30-29(33)31-23-19-26-24(21-10-6-4-7-11-21)14-17-32-18-15-25(27(20-23)28(26)32)22-12-8-5-9-13-22/h4-13,19-20,24-25H,2-3,14-18H2,1H3,(H2,30,31,33)/t24-,25-/m0/s1. The number of nitrogens with zero attached hydrogens (tertiary/aromatic N) is 1. The number of urea groups is 1. The van der Waals surface area contributed by atoms with Crippen LogP contribution in [-0.4, -0.2) is 25.7 Å². The average Bonchev–Trinajstić information content (AvgIpc) is 2.85. The molecule has 0 fully saturated rings. The van der Waals surface area contributed by atoms with E-state index in [2.05, 4.69) is 95.3 Å². The summed E-state index contributed by atoms with van der Waals surface area (Å²) < 4.78 is 0. The second-order valence-corrected chi connectivity index (χ2v) is 9.23. The van der Waals surface area contributed by atoms with Crippen molar-refractivity contribution in [3.63, 3.8) is 0 Å². The third-order valence-corrected chi connectivity index (χ3v) is 7.09. The van der Waals surface area contributed by atoms with Gasteiger partial charge in [0.05, 0.1) is 0 Å². The van der Waals surface area contributed by atoms with Crippen molar-refractivity contribution in [2.24, 2.45) is 0 Å². The van der Waals surface area contributed by atoms with Crippen molar-refractivity contribution in [1.82, 2.24) is 5.32 Å². The van der Waals surface area contributed by atoms with E-state index in [1.165, 1.54) is 27.9 Å². The first-order chi connectivity index (χ1) is 16.2. The molecule has 0 spiro atoms. The Labute approximate surface area is 197 Å². The zero-order valence-electron chi connectivity index (χ0n) is 19.4. The Balaban J connectivity index is 1.58. The minimum atomic E-state index is -0.119. The molecule has 2 aliphatic heterocycles. The van der Waals surface area contributed by atoms with Gasteiger partial charge in [-0.1, -0.05) is 74.0 Å². The maximum absolute atomic E-state index is 12.6. The van der Waals surface area contributed by atoms with E-state index in [1.54, 1.807) is 0 Å². The van der Waals surface area contributed by atoms with E-state index >= 15 is 0 Å². The van der Waals surface area contributed by atoms with E-state index in [0.29, 0.717) is 18.4 Å². The molecule has 170 valence electrons. The number of rotatable bonds is 6. The predicted molar refractivity (Wildman–Crippen MR) is 136 cm³/mol. The maximum atomic E-state index is 12.6. The quantitative estimate of drug-likeness (QED) is 0.431. The van der Waals surface area contributed by atoms with Crippen LogP contribution in [0, 0.1) is 0 Å². The number of nitrogens with one attached hydrogen (secondary N) is 2. The molecule has 0 radical (unpaired) electrons. The summed E-state index contributed by atoms with van der Waals surface area (Å²) in [6, 6.07) is 25.9. The van der Waals surface area contributed by atoms with Gasteiger partial charge in [0.1, 0.15) is 0 Å². The highest BCUT2D eigenvalue weighted by atomic mass is 16.2. The smallest absolute Gasteiger partial charge is 0.319 e. The van der Waals surface area contributed by atoms with Crippen LogP contribution in [0.4, 0.5) is 16.2 Å². The van der Waals surface area contributed by atoms with Gasteiger partial charge in [-0.15, -0.1) is 0 Å². The summed E-state index contributed by atoms with van der Waals surface area (Å²) in [5.41, 5.74) is 7.66. The third kappa shape index (κ3) is 4.47. The normalized spacial score (nSPS) is 19.0. The van der Waals surface area contributed by atoms with Gasteiger partial charge in [0, 0.05) is 42.8 Å². The molecule has 4 nitrogen and oxygen atoms in total. The molecule has 2 atom stereocenters. The Morgan fingerprint density at radius 3 is 1.94 bits per heavy atom. The van der Waals surface area contributed by atoms with E-state index in [-0.39, 0.29) is 6.03 Å². The Kier molecular flexibility index (Phi) is 6.34. The topological polar surface area (TPSA) is 44.4 Å². The first-order valence-corrected chi connectivity index (χ1v) is 12.3. The molecule has 2 heterocycles. The predicted octanol–water partition coefficient (Wildman–Crippen LogP) is 6.49. The molecule has 2 amide bonds. The van der Waals surface area contributed by atoms with Crippen molar-refractivity contribution in [3.05, 3.63) is 95.1 Å². The van der Waals surface area contributed by atoms with Crippen LogP contribution in [0.1, 0.15) is 66.7 Å². The van der Waals surface area contributed by atoms with Crippen molar-refractivity contribution in [2.75, 3.05) is 29.9 Å². The molecule has 4 heteroatoms. The second kappa shape index (κ2) is 9.70. The number of hydrogen-bond acceptors (Lipinski definition) is 2. The number of benzene rings is 3. The summed E-state index contributed by atoms with van der Waals surface area (Å²) >= 11 is 0. The number of carbonyl (C=O) groups excluding carboxylic acids is 1. The highest BCUT2D eigenvalue weighted by molar-refractivity contribution is 5.90. The summed E-state index contributed by atoms with van der Waals surface area (Å²) in [6.07, 6.45) is 4.25. The van der Waals surface area contributed by atoms with Crippen molar-refractivity contribution in [3.8, 4) is 0 Å². The van der Waals surface area contributed by atoms with Gasteiger partial charge in [0.15, 0.2) is 0 Å². The zero-order chi connectivity index (χ0) is 22.6. The fourth-order valence-electron chi connectivity index (χ4n) is 5.48. The molecule has 3 aromatic rings. The van der Waals surface area contributed by atoms with Gasteiger partial charge in [0.2, 0.25) is 0 Å². The van der Waals surface area contributed by atoms with E-state index in [4.69, 9.17) is 0 Å². The van der Waals surface area contributed by atoms with Gasteiger partial charge in [-0.3, -0.25) is 0 Å². The summed E-state index contributed by atoms with van der Waals surface area (Å²) in [5, 5.41) is 6.14. The Hall–Kier alpha value is -3.27. The number of unbranched alkanes of at least 4 members (excludes halogenated alkanes) is 1. The minimum Gasteiger partial charge on any atom is -0.371 e. The third-order valence-electron chi connectivity index (χ3n) is 7.09. The summed E-state index contributed by atoms with van der Waals surface area (Å²) in [7, 11) is 0. The van der Waals surface area contributed by atoms with Gasteiger partial charge >= 0.3 is 6.03 Å². The van der Waals surface area contributed by atoms with Crippen molar-refractivity contribution in [1.29, 1.82) is 0 Å². The highest BCUT2D eigenvalue weighted by Crippen LogP contribution is 2.49. The van der Waals surface area contributed by atoms with Gasteiger partial charge in [-0.05, 0) is 53.6 Å². The molecule has 0 aromatic heterocycles. The fourth-order valence-corrected chi connectivity index (χ4v) is 5.48. The molecule has 0 saturated carbocycles. The molecule has 0 saturated heterocycles. The van der Waals surface area contributed by atoms with Crippen LogP contribution in [0.3, 0.4) is 0 Å². The average molecular weight is 440 g/mol. The molecule has 0 unspecified atom stereocenters. The van der Waals surface area contributed by atoms with Crippen LogP contribution in [0.25, 0.3) is 0 Å². The Morgan fingerprint density at radius 1 is 0.879 bits per heavy atom. The first kappa shape index (κ1) is 21.6. The fraction of sp³-hybridized carbons (Fsp3) is 0.345. The van der Waals surface area contributed by atoms with Gasteiger partial charge < -0.3 is 15.5 Å². The largest absolute Gasteiger partial charge is 0.371 e. The van der Waals surface area contributed by atoms with Crippen LogP contribution < -0.4 is 15.5 Å². The SMILES string of the molecule is CCCCNC(=O)Nc1cc2c3c(c1)[C@H](c1ccccc1)CCN3CC[C@H]2c1ccccc1. The molecule has 0 bridgehead atoms. The van der Waals surface area contributed by atoms with Gasteiger partial charge in [-0.2, -0.15) is 0 Å². The molecule has 0 aliphatic carbocycles. The Morgan fingerprint density at radius 2 is 1.42 bits per heavy atom. The highest BCUT2D eigenvalue weighted by Gasteiger charge is 2.35. The molecule has 33 heavy (non-hydrogen) atoms. The van der Waals surface area contributed by atoms with E-state index in [9.17, 15) is 4.79 Å². The van der Waals surface area contributed by atoms with Crippen molar-refractivity contribution in [2.45, 2.75) is 44.4 Å². The first-order valence-electron chi connectivity index (χ1n) is 12.3. The number of hydrogen-bond donors (Lipinski definition) is 2. The number of anilines is 2. The lowest BCUT2D eigenvalue weighted by molar-refractivity contribution is 0.252.